The first-order valence-electron chi connectivity index (χ1n) is 10.2. The summed E-state index contributed by atoms with van der Waals surface area (Å²) in [4.78, 5) is 27.7. The van der Waals surface area contributed by atoms with Crippen molar-refractivity contribution in [3.63, 3.8) is 0 Å². The molecule has 2 aromatic carbocycles. The van der Waals surface area contributed by atoms with Crippen LogP contribution in [-0.4, -0.2) is 49.9 Å². The molecule has 0 aromatic heterocycles. The van der Waals surface area contributed by atoms with Crippen LogP contribution in [0.4, 0.5) is 11.4 Å². The number of anilines is 2. The van der Waals surface area contributed by atoms with Crippen molar-refractivity contribution >= 4 is 45.0 Å². The molecule has 1 N–H and O–H groups in total. The number of sulfonamides is 1. The van der Waals surface area contributed by atoms with Crippen LogP contribution in [-0.2, 0) is 19.6 Å². The number of carbonyl (C=O) groups excluding carboxylic acids is 2. The molecule has 2 heterocycles. The number of amides is 2. The molecule has 164 valence electrons. The van der Waals surface area contributed by atoms with Crippen LogP contribution in [0.5, 0.6) is 0 Å². The summed E-state index contributed by atoms with van der Waals surface area (Å²) in [6.45, 7) is 4.74. The molecule has 4 rings (SSSR count). The van der Waals surface area contributed by atoms with E-state index >= 15 is 0 Å². The van der Waals surface area contributed by atoms with Crippen molar-refractivity contribution in [1.82, 2.24) is 4.31 Å². The van der Waals surface area contributed by atoms with E-state index in [-0.39, 0.29) is 29.0 Å². The van der Waals surface area contributed by atoms with Crippen molar-refractivity contribution in [2.45, 2.75) is 36.5 Å². The third-order valence-electron chi connectivity index (χ3n) is 5.76. The summed E-state index contributed by atoms with van der Waals surface area (Å²) >= 11 is 1.36. The number of nitrogens with one attached hydrogen (secondary N) is 1. The highest BCUT2D eigenvalue weighted by Gasteiger charge is 2.31. The number of aryl methyl sites for hydroxylation is 1. The number of fused-ring (bicyclic) bond motifs is 1. The van der Waals surface area contributed by atoms with E-state index in [0.29, 0.717) is 24.5 Å². The molecule has 9 heteroatoms. The topological polar surface area (TPSA) is 86.8 Å². The van der Waals surface area contributed by atoms with Gasteiger partial charge in [0.2, 0.25) is 21.8 Å². The largest absolute Gasteiger partial charge is 0.324 e. The number of carbonyl (C=O) groups is 2. The van der Waals surface area contributed by atoms with Crippen LogP contribution >= 0.6 is 11.8 Å². The van der Waals surface area contributed by atoms with Gasteiger partial charge in [-0.15, -0.1) is 11.8 Å². The van der Waals surface area contributed by atoms with E-state index in [2.05, 4.69) is 5.32 Å². The standard InChI is InChI=1S/C22H25N3O4S2/c1-15-6-5-7-18(16(15)2)23-21(26)13-25-19-12-17(8-9-20(19)30-14-22(25)27)31(28,29)24-10-3-4-11-24/h5-9,12H,3-4,10-11,13-14H2,1-2H3,(H,23,26). The second-order valence-corrected chi connectivity index (χ2v) is 10.8. The molecule has 2 aliphatic heterocycles. The number of benzene rings is 2. The Balaban J connectivity index is 1.60. The van der Waals surface area contributed by atoms with Gasteiger partial charge in [0, 0.05) is 23.7 Å². The first-order chi connectivity index (χ1) is 14.8. The minimum atomic E-state index is -3.61. The molecule has 0 atom stereocenters. The van der Waals surface area contributed by atoms with Gasteiger partial charge in [-0.25, -0.2) is 8.42 Å². The molecule has 1 fully saturated rings. The van der Waals surface area contributed by atoms with Crippen LogP contribution in [0.3, 0.4) is 0 Å². The monoisotopic (exact) mass is 459 g/mol. The highest BCUT2D eigenvalue weighted by atomic mass is 32.2. The quantitative estimate of drug-likeness (QED) is 0.742. The predicted molar refractivity (Wildman–Crippen MR) is 122 cm³/mol. The fourth-order valence-electron chi connectivity index (χ4n) is 3.81. The van der Waals surface area contributed by atoms with Crippen LogP contribution in [0.25, 0.3) is 0 Å². The normalized spacial score (nSPS) is 17.0. The molecule has 7 nitrogen and oxygen atoms in total. The maximum absolute atomic E-state index is 13.0. The average molecular weight is 460 g/mol. The van der Waals surface area contributed by atoms with Crippen LogP contribution < -0.4 is 10.2 Å². The van der Waals surface area contributed by atoms with Gasteiger partial charge in [0.25, 0.3) is 0 Å². The van der Waals surface area contributed by atoms with Gasteiger partial charge in [0.15, 0.2) is 0 Å². The molecule has 2 aliphatic rings. The van der Waals surface area contributed by atoms with Gasteiger partial charge in [-0.2, -0.15) is 4.31 Å². The summed E-state index contributed by atoms with van der Waals surface area (Å²) in [5.74, 6) is -0.334. The van der Waals surface area contributed by atoms with E-state index in [1.807, 2.05) is 32.0 Å². The molecule has 0 radical (unpaired) electrons. The van der Waals surface area contributed by atoms with E-state index in [9.17, 15) is 18.0 Å². The van der Waals surface area contributed by atoms with Gasteiger partial charge in [0.1, 0.15) is 6.54 Å². The van der Waals surface area contributed by atoms with Gasteiger partial charge < -0.3 is 10.2 Å². The van der Waals surface area contributed by atoms with Crippen LogP contribution in [0, 0.1) is 13.8 Å². The van der Waals surface area contributed by atoms with Crippen molar-refractivity contribution in [3.05, 3.63) is 47.5 Å². The molecule has 2 amide bonds. The molecule has 31 heavy (non-hydrogen) atoms. The number of hydrogen-bond donors (Lipinski definition) is 1. The Morgan fingerprint density at radius 1 is 1.13 bits per heavy atom. The number of hydrogen-bond acceptors (Lipinski definition) is 5. The Bertz CT molecular complexity index is 1140. The Morgan fingerprint density at radius 3 is 2.61 bits per heavy atom. The minimum absolute atomic E-state index is 0.156. The predicted octanol–water partition coefficient (Wildman–Crippen LogP) is 3.17. The molecular formula is C22H25N3O4S2. The van der Waals surface area contributed by atoms with E-state index in [4.69, 9.17) is 0 Å². The Hall–Kier alpha value is -2.36. The lowest BCUT2D eigenvalue weighted by atomic mass is 10.1. The highest BCUT2D eigenvalue weighted by molar-refractivity contribution is 8.00. The van der Waals surface area contributed by atoms with Crippen LogP contribution in [0.2, 0.25) is 0 Å². The van der Waals surface area contributed by atoms with E-state index in [0.717, 1.165) is 28.9 Å². The molecule has 0 aliphatic carbocycles. The fraction of sp³-hybridized carbons (Fsp3) is 0.364. The molecule has 0 saturated carbocycles. The Labute approximate surface area is 186 Å². The first-order valence-corrected chi connectivity index (χ1v) is 12.6. The van der Waals surface area contributed by atoms with Crippen molar-refractivity contribution < 1.29 is 18.0 Å². The molecule has 1 saturated heterocycles. The smallest absolute Gasteiger partial charge is 0.244 e. The van der Waals surface area contributed by atoms with E-state index in [1.165, 1.54) is 27.0 Å². The second kappa shape index (κ2) is 8.64. The fourth-order valence-corrected chi connectivity index (χ4v) is 6.27. The second-order valence-electron chi connectivity index (χ2n) is 7.80. The summed E-state index contributed by atoms with van der Waals surface area (Å²) in [7, 11) is -3.61. The van der Waals surface area contributed by atoms with Crippen LogP contribution in [0.1, 0.15) is 24.0 Å². The summed E-state index contributed by atoms with van der Waals surface area (Å²) in [5.41, 5.74) is 3.20. The van der Waals surface area contributed by atoms with Crippen molar-refractivity contribution in [3.8, 4) is 0 Å². The third kappa shape index (κ3) is 4.35. The molecule has 0 unspecified atom stereocenters. The number of rotatable bonds is 5. The van der Waals surface area contributed by atoms with Gasteiger partial charge >= 0.3 is 0 Å². The lowest BCUT2D eigenvalue weighted by Crippen LogP contribution is -2.41. The molecule has 0 spiro atoms. The van der Waals surface area contributed by atoms with Crippen molar-refractivity contribution in [2.24, 2.45) is 0 Å². The lowest BCUT2D eigenvalue weighted by molar-refractivity contribution is -0.120. The Morgan fingerprint density at radius 2 is 1.87 bits per heavy atom. The van der Waals surface area contributed by atoms with E-state index < -0.39 is 10.0 Å². The zero-order valence-corrected chi connectivity index (χ0v) is 19.2. The zero-order valence-electron chi connectivity index (χ0n) is 17.6. The summed E-state index contributed by atoms with van der Waals surface area (Å²) in [6.07, 6.45) is 1.70. The van der Waals surface area contributed by atoms with Gasteiger partial charge in [-0.05, 0) is 62.1 Å². The lowest BCUT2D eigenvalue weighted by Gasteiger charge is -2.29. The molecular weight excluding hydrogens is 434 g/mol. The summed E-state index contributed by atoms with van der Waals surface area (Å²) in [6, 6.07) is 10.5. The summed E-state index contributed by atoms with van der Waals surface area (Å²) < 4.78 is 27.4. The van der Waals surface area contributed by atoms with Gasteiger partial charge in [-0.1, -0.05) is 12.1 Å². The third-order valence-corrected chi connectivity index (χ3v) is 8.70. The van der Waals surface area contributed by atoms with Crippen molar-refractivity contribution in [2.75, 3.05) is 35.6 Å². The average Bonchev–Trinajstić information content (AvgIpc) is 3.29. The highest BCUT2D eigenvalue weighted by Crippen LogP contribution is 2.37. The Kier molecular flexibility index (Phi) is 6.09. The van der Waals surface area contributed by atoms with Gasteiger partial charge in [0.05, 0.1) is 16.3 Å². The first kappa shape index (κ1) is 21.9. The zero-order chi connectivity index (χ0) is 22.2. The van der Waals surface area contributed by atoms with Crippen molar-refractivity contribution in [1.29, 1.82) is 0 Å². The maximum atomic E-state index is 13.0. The SMILES string of the molecule is Cc1cccc(NC(=O)CN2C(=O)CSc3ccc(S(=O)(=O)N4CCCC4)cc32)c1C. The maximum Gasteiger partial charge on any atom is 0.244 e. The summed E-state index contributed by atoms with van der Waals surface area (Å²) in [5, 5.41) is 2.87. The minimum Gasteiger partial charge on any atom is -0.324 e. The number of thioether (sulfide) groups is 1. The van der Waals surface area contributed by atoms with E-state index in [1.54, 1.807) is 12.1 Å². The molecule has 2 aromatic rings. The van der Waals surface area contributed by atoms with Crippen LogP contribution in [0.15, 0.2) is 46.2 Å². The van der Waals surface area contributed by atoms with Gasteiger partial charge in [-0.3, -0.25) is 9.59 Å². The molecule has 0 bridgehead atoms. The number of nitrogens with zero attached hydrogens (tertiary/aromatic N) is 2.